The largest absolute Gasteiger partial charge is 0.444 e. The summed E-state index contributed by atoms with van der Waals surface area (Å²) in [7, 11) is 0. The zero-order valence-corrected chi connectivity index (χ0v) is 12.0. The molecule has 0 radical (unpaired) electrons. The average molecular weight is 268 g/mol. The van der Waals surface area contributed by atoms with Gasteiger partial charge in [0.05, 0.1) is 0 Å². The molecule has 0 aromatic carbocycles. The van der Waals surface area contributed by atoms with Gasteiger partial charge in [0.25, 0.3) is 0 Å². The van der Waals surface area contributed by atoms with E-state index in [4.69, 9.17) is 4.74 Å². The molecule has 0 aromatic rings. The van der Waals surface area contributed by atoms with Crippen LogP contribution >= 0.6 is 0 Å². The van der Waals surface area contributed by atoms with E-state index in [2.05, 4.69) is 10.6 Å². The molecule has 0 aromatic heterocycles. The lowest BCUT2D eigenvalue weighted by Crippen LogP contribution is -2.48. The number of carbonyl (C=O) groups is 2. The normalized spacial score (nSPS) is 30.5. The van der Waals surface area contributed by atoms with Crippen LogP contribution in [0.4, 0.5) is 4.79 Å². The van der Waals surface area contributed by atoms with E-state index in [0.717, 1.165) is 25.7 Å². The second kappa shape index (κ2) is 5.02. The van der Waals surface area contributed by atoms with Gasteiger partial charge in [0.15, 0.2) is 0 Å². The van der Waals surface area contributed by atoms with E-state index in [1.165, 1.54) is 0 Å². The highest BCUT2D eigenvalue weighted by Gasteiger charge is 2.48. The molecule has 1 unspecified atom stereocenters. The first-order valence-electron chi connectivity index (χ1n) is 7.07. The van der Waals surface area contributed by atoms with Crippen LogP contribution in [0.3, 0.4) is 0 Å². The van der Waals surface area contributed by atoms with Gasteiger partial charge in [-0.2, -0.15) is 0 Å². The van der Waals surface area contributed by atoms with E-state index >= 15 is 0 Å². The number of nitrogens with one attached hydrogen (secondary N) is 2. The van der Waals surface area contributed by atoms with Crippen LogP contribution in [0.25, 0.3) is 0 Å². The lowest BCUT2D eigenvalue weighted by atomic mass is 9.70. The molecular weight excluding hydrogens is 244 g/mol. The number of hydrogen-bond donors (Lipinski definition) is 2. The molecule has 5 heteroatoms. The summed E-state index contributed by atoms with van der Waals surface area (Å²) in [6.07, 6.45) is 4.41. The first-order valence-corrected chi connectivity index (χ1v) is 7.07. The van der Waals surface area contributed by atoms with Crippen molar-refractivity contribution in [2.24, 2.45) is 5.41 Å². The average Bonchev–Trinajstić information content (AvgIpc) is 2.60. The highest BCUT2D eigenvalue weighted by Crippen LogP contribution is 2.42. The lowest BCUT2D eigenvalue weighted by molar-refractivity contribution is -0.119. The molecule has 2 fully saturated rings. The van der Waals surface area contributed by atoms with Gasteiger partial charge in [-0.3, -0.25) is 4.79 Å². The van der Waals surface area contributed by atoms with Crippen molar-refractivity contribution in [3.05, 3.63) is 0 Å². The molecule has 2 amide bonds. The van der Waals surface area contributed by atoms with Gasteiger partial charge in [0, 0.05) is 24.4 Å². The number of carbonyl (C=O) groups excluding carboxylic acids is 2. The minimum absolute atomic E-state index is 0.105. The van der Waals surface area contributed by atoms with Gasteiger partial charge in [-0.1, -0.05) is 12.8 Å². The van der Waals surface area contributed by atoms with Crippen molar-refractivity contribution in [1.29, 1.82) is 0 Å². The molecule has 2 atom stereocenters. The Labute approximate surface area is 114 Å². The number of rotatable bonds is 2. The third kappa shape index (κ3) is 3.39. The van der Waals surface area contributed by atoms with Crippen LogP contribution in [0.5, 0.6) is 0 Å². The summed E-state index contributed by atoms with van der Waals surface area (Å²) in [5, 5.41) is 5.88. The van der Waals surface area contributed by atoms with E-state index in [1.807, 2.05) is 20.8 Å². The number of hydrogen-bond acceptors (Lipinski definition) is 3. The van der Waals surface area contributed by atoms with Crippen LogP contribution in [0.2, 0.25) is 0 Å². The SMILES string of the molecule is CC(C)(C)OC(=O)NCC12CCCC[C@@H]1NC(=O)C2. The molecule has 0 bridgehead atoms. The smallest absolute Gasteiger partial charge is 0.407 e. The predicted molar refractivity (Wildman–Crippen MR) is 71.7 cm³/mol. The van der Waals surface area contributed by atoms with Gasteiger partial charge in [0.2, 0.25) is 5.91 Å². The number of fused-ring (bicyclic) bond motifs is 1. The summed E-state index contributed by atoms with van der Waals surface area (Å²) in [4.78, 5) is 23.4. The molecule has 1 aliphatic heterocycles. The Bertz CT molecular complexity index is 375. The van der Waals surface area contributed by atoms with Crippen molar-refractivity contribution < 1.29 is 14.3 Å². The number of alkyl carbamates (subject to hydrolysis) is 1. The summed E-state index contributed by atoms with van der Waals surface area (Å²) in [6, 6.07) is 0.212. The highest BCUT2D eigenvalue weighted by molar-refractivity contribution is 5.80. The minimum atomic E-state index is -0.489. The van der Waals surface area contributed by atoms with Crippen LogP contribution in [-0.4, -0.2) is 30.2 Å². The van der Waals surface area contributed by atoms with E-state index < -0.39 is 11.7 Å². The quantitative estimate of drug-likeness (QED) is 0.804. The second-order valence-electron chi connectivity index (χ2n) is 6.76. The molecule has 19 heavy (non-hydrogen) atoms. The van der Waals surface area contributed by atoms with E-state index in [0.29, 0.717) is 13.0 Å². The number of ether oxygens (including phenoxy) is 1. The maximum atomic E-state index is 11.7. The Balaban J connectivity index is 1.93. The molecule has 0 spiro atoms. The Hall–Kier alpha value is -1.26. The summed E-state index contributed by atoms with van der Waals surface area (Å²) in [5.41, 5.74) is -0.594. The summed E-state index contributed by atoms with van der Waals surface area (Å²) >= 11 is 0. The van der Waals surface area contributed by atoms with Crippen molar-refractivity contribution in [2.75, 3.05) is 6.54 Å². The molecule has 2 N–H and O–H groups in total. The Kier molecular flexibility index (Phi) is 3.74. The van der Waals surface area contributed by atoms with E-state index in [1.54, 1.807) is 0 Å². The van der Waals surface area contributed by atoms with Crippen LogP contribution < -0.4 is 10.6 Å². The fourth-order valence-corrected chi connectivity index (χ4v) is 3.14. The van der Waals surface area contributed by atoms with Crippen molar-refractivity contribution in [1.82, 2.24) is 10.6 Å². The third-order valence-electron chi connectivity index (χ3n) is 3.99. The third-order valence-corrected chi connectivity index (χ3v) is 3.99. The molecule has 5 nitrogen and oxygen atoms in total. The van der Waals surface area contributed by atoms with Gasteiger partial charge in [0.1, 0.15) is 5.60 Å². The molecule has 108 valence electrons. The Morgan fingerprint density at radius 1 is 1.47 bits per heavy atom. The second-order valence-corrected chi connectivity index (χ2v) is 6.76. The van der Waals surface area contributed by atoms with Gasteiger partial charge in [-0.25, -0.2) is 4.79 Å². The maximum Gasteiger partial charge on any atom is 0.407 e. The minimum Gasteiger partial charge on any atom is -0.444 e. The van der Waals surface area contributed by atoms with Crippen LogP contribution in [0.15, 0.2) is 0 Å². The fraction of sp³-hybridized carbons (Fsp3) is 0.857. The van der Waals surface area contributed by atoms with Crippen molar-refractivity contribution in [2.45, 2.75) is 64.5 Å². The molecule has 1 saturated carbocycles. The van der Waals surface area contributed by atoms with Gasteiger partial charge < -0.3 is 15.4 Å². The first-order chi connectivity index (χ1) is 8.81. The summed E-state index contributed by atoms with van der Waals surface area (Å²) < 4.78 is 5.25. The maximum absolute atomic E-state index is 11.7. The number of amides is 2. The first kappa shape index (κ1) is 14.2. The molecule has 2 rings (SSSR count). The van der Waals surface area contributed by atoms with Crippen LogP contribution in [-0.2, 0) is 9.53 Å². The Morgan fingerprint density at radius 3 is 2.89 bits per heavy atom. The fourth-order valence-electron chi connectivity index (χ4n) is 3.14. The lowest BCUT2D eigenvalue weighted by Gasteiger charge is -2.38. The predicted octanol–water partition coefficient (Wildman–Crippen LogP) is 1.96. The van der Waals surface area contributed by atoms with E-state index in [-0.39, 0.29) is 17.4 Å². The topological polar surface area (TPSA) is 67.4 Å². The van der Waals surface area contributed by atoms with Crippen molar-refractivity contribution in [3.63, 3.8) is 0 Å². The molecular formula is C14H24N2O3. The summed E-state index contributed by atoms with van der Waals surface area (Å²) in [6.45, 7) is 6.05. The monoisotopic (exact) mass is 268 g/mol. The Morgan fingerprint density at radius 2 is 2.21 bits per heavy atom. The molecule has 1 saturated heterocycles. The molecule has 2 aliphatic rings. The van der Waals surface area contributed by atoms with Crippen LogP contribution in [0, 0.1) is 5.41 Å². The van der Waals surface area contributed by atoms with Gasteiger partial charge in [-0.05, 0) is 33.6 Å². The standard InChI is InChI=1S/C14H24N2O3/c1-13(2,3)19-12(18)15-9-14-7-5-4-6-10(14)16-11(17)8-14/h10H,4-9H2,1-3H3,(H,15,18)(H,16,17)/t10-,14?/m0/s1. The van der Waals surface area contributed by atoms with E-state index in [9.17, 15) is 9.59 Å². The molecule has 1 aliphatic carbocycles. The zero-order valence-electron chi connectivity index (χ0n) is 12.0. The highest BCUT2D eigenvalue weighted by atomic mass is 16.6. The van der Waals surface area contributed by atoms with Gasteiger partial charge in [-0.15, -0.1) is 0 Å². The van der Waals surface area contributed by atoms with Gasteiger partial charge >= 0.3 is 6.09 Å². The molecule has 1 heterocycles. The van der Waals surface area contributed by atoms with Crippen LogP contribution in [0.1, 0.15) is 52.9 Å². The van der Waals surface area contributed by atoms with Crippen molar-refractivity contribution >= 4 is 12.0 Å². The zero-order chi connectivity index (χ0) is 14.1. The van der Waals surface area contributed by atoms with Crippen molar-refractivity contribution in [3.8, 4) is 0 Å². The summed E-state index contributed by atoms with van der Waals surface area (Å²) in [5.74, 6) is 0.109.